The van der Waals surface area contributed by atoms with Gasteiger partial charge in [0.2, 0.25) is 5.91 Å². The van der Waals surface area contributed by atoms with Crippen molar-refractivity contribution in [2.24, 2.45) is 0 Å². The monoisotopic (exact) mass is 385 g/mol. The summed E-state index contributed by atoms with van der Waals surface area (Å²) in [5.41, 5.74) is 3.31. The lowest BCUT2D eigenvalue weighted by atomic mass is 10.1. The molecular weight excluding hydrogens is 366 g/mol. The van der Waals surface area contributed by atoms with Crippen molar-refractivity contribution in [1.29, 1.82) is 0 Å². The minimum atomic E-state index is -0.697. The summed E-state index contributed by atoms with van der Waals surface area (Å²) in [5, 5.41) is 3.28. The first-order chi connectivity index (χ1) is 12.8. The van der Waals surface area contributed by atoms with Gasteiger partial charge in [0.05, 0.1) is 0 Å². The fourth-order valence-corrected chi connectivity index (χ4v) is 3.22. The highest BCUT2D eigenvalue weighted by Gasteiger charge is 2.34. The molecule has 1 aliphatic heterocycles. The Balaban J connectivity index is 1.64. The molecule has 3 amide bonds. The zero-order valence-corrected chi connectivity index (χ0v) is 15.9. The molecule has 0 saturated carbocycles. The van der Waals surface area contributed by atoms with Crippen LogP contribution in [-0.2, 0) is 14.4 Å². The van der Waals surface area contributed by atoms with Crippen LogP contribution < -0.4 is 10.2 Å². The molecule has 3 rings (SSSR count). The number of anilines is 2. The van der Waals surface area contributed by atoms with Crippen LogP contribution in [-0.4, -0.2) is 42.3 Å². The SMILES string of the molecule is Cc1ccc(NC(=O)CN2CCN(c3cccc(Cl)c3)C(=O)C2=O)c(C)c1. The lowest BCUT2D eigenvalue weighted by Crippen LogP contribution is -2.56. The van der Waals surface area contributed by atoms with Gasteiger partial charge in [-0.3, -0.25) is 14.4 Å². The van der Waals surface area contributed by atoms with Gasteiger partial charge in [0.25, 0.3) is 0 Å². The first-order valence-electron chi connectivity index (χ1n) is 8.58. The van der Waals surface area contributed by atoms with Crippen LogP contribution in [0, 0.1) is 13.8 Å². The first kappa shape index (κ1) is 18.9. The average Bonchev–Trinajstić information content (AvgIpc) is 2.61. The van der Waals surface area contributed by atoms with Gasteiger partial charge in [0, 0.05) is 29.5 Å². The van der Waals surface area contributed by atoms with Crippen LogP contribution in [0.25, 0.3) is 0 Å². The summed E-state index contributed by atoms with van der Waals surface area (Å²) in [5.74, 6) is -1.70. The summed E-state index contributed by atoms with van der Waals surface area (Å²) in [6.07, 6.45) is 0. The first-order valence-corrected chi connectivity index (χ1v) is 8.96. The lowest BCUT2D eigenvalue weighted by Gasteiger charge is -2.33. The number of carbonyl (C=O) groups is 3. The molecule has 0 radical (unpaired) electrons. The molecule has 0 atom stereocenters. The van der Waals surface area contributed by atoms with E-state index in [1.165, 1.54) is 9.80 Å². The third-order valence-electron chi connectivity index (χ3n) is 4.42. The molecule has 0 unspecified atom stereocenters. The number of amides is 3. The maximum Gasteiger partial charge on any atom is 0.316 e. The van der Waals surface area contributed by atoms with Crippen LogP contribution in [0.4, 0.5) is 11.4 Å². The number of nitrogens with zero attached hydrogens (tertiary/aromatic N) is 2. The molecule has 0 aliphatic carbocycles. The number of carbonyl (C=O) groups excluding carboxylic acids is 3. The van der Waals surface area contributed by atoms with E-state index in [4.69, 9.17) is 11.6 Å². The highest BCUT2D eigenvalue weighted by Crippen LogP contribution is 2.22. The van der Waals surface area contributed by atoms with E-state index in [1.54, 1.807) is 24.3 Å². The van der Waals surface area contributed by atoms with Gasteiger partial charge in [-0.1, -0.05) is 35.4 Å². The smallest absolute Gasteiger partial charge is 0.316 e. The molecule has 0 bridgehead atoms. The zero-order chi connectivity index (χ0) is 19.6. The predicted molar refractivity (Wildman–Crippen MR) is 105 cm³/mol. The second-order valence-electron chi connectivity index (χ2n) is 6.53. The Hall–Kier alpha value is -2.86. The maximum atomic E-state index is 12.4. The van der Waals surface area contributed by atoms with Gasteiger partial charge in [0.15, 0.2) is 0 Å². The van der Waals surface area contributed by atoms with Crippen LogP contribution in [0.15, 0.2) is 42.5 Å². The average molecular weight is 386 g/mol. The molecule has 1 aliphatic rings. The number of aryl methyl sites for hydroxylation is 2. The van der Waals surface area contributed by atoms with E-state index in [-0.39, 0.29) is 19.0 Å². The second kappa shape index (κ2) is 7.80. The standard InChI is InChI=1S/C20H20ClN3O3/c1-13-6-7-17(14(2)10-13)22-18(25)12-23-8-9-24(20(27)19(23)26)16-5-3-4-15(21)11-16/h3-7,10-11H,8-9,12H2,1-2H3,(H,22,25). The zero-order valence-electron chi connectivity index (χ0n) is 15.2. The number of nitrogens with one attached hydrogen (secondary N) is 1. The maximum absolute atomic E-state index is 12.4. The molecule has 1 heterocycles. The van der Waals surface area contributed by atoms with E-state index in [0.29, 0.717) is 22.9 Å². The predicted octanol–water partition coefficient (Wildman–Crippen LogP) is 2.77. The van der Waals surface area contributed by atoms with E-state index in [1.807, 2.05) is 32.0 Å². The Morgan fingerprint density at radius 1 is 1.07 bits per heavy atom. The fourth-order valence-electron chi connectivity index (χ4n) is 3.03. The van der Waals surface area contributed by atoms with Crippen molar-refractivity contribution in [2.45, 2.75) is 13.8 Å². The van der Waals surface area contributed by atoms with Crippen LogP contribution >= 0.6 is 11.6 Å². The molecular formula is C20H20ClN3O3. The van der Waals surface area contributed by atoms with Crippen molar-refractivity contribution in [3.63, 3.8) is 0 Å². The van der Waals surface area contributed by atoms with Crippen molar-refractivity contribution in [2.75, 3.05) is 29.9 Å². The van der Waals surface area contributed by atoms with Gasteiger partial charge in [-0.15, -0.1) is 0 Å². The molecule has 2 aromatic rings. The van der Waals surface area contributed by atoms with Crippen molar-refractivity contribution in [3.05, 3.63) is 58.6 Å². The number of rotatable bonds is 4. The number of halogens is 1. The number of hydrogen-bond donors (Lipinski definition) is 1. The van der Waals surface area contributed by atoms with Crippen LogP contribution in [0.1, 0.15) is 11.1 Å². The van der Waals surface area contributed by atoms with E-state index >= 15 is 0 Å². The van der Waals surface area contributed by atoms with E-state index < -0.39 is 11.8 Å². The summed E-state index contributed by atoms with van der Waals surface area (Å²) < 4.78 is 0. The largest absolute Gasteiger partial charge is 0.324 e. The van der Waals surface area contributed by atoms with Crippen LogP contribution in [0.2, 0.25) is 5.02 Å². The van der Waals surface area contributed by atoms with Crippen molar-refractivity contribution < 1.29 is 14.4 Å². The van der Waals surface area contributed by atoms with Crippen LogP contribution in [0.5, 0.6) is 0 Å². The lowest BCUT2D eigenvalue weighted by molar-refractivity contribution is -0.147. The van der Waals surface area contributed by atoms with Crippen LogP contribution in [0.3, 0.4) is 0 Å². The highest BCUT2D eigenvalue weighted by atomic mass is 35.5. The molecule has 7 heteroatoms. The Labute approximate surface area is 162 Å². The Morgan fingerprint density at radius 2 is 1.85 bits per heavy atom. The van der Waals surface area contributed by atoms with Gasteiger partial charge in [-0.05, 0) is 43.7 Å². The van der Waals surface area contributed by atoms with Gasteiger partial charge < -0.3 is 15.1 Å². The third kappa shape index (κ3) is 4.28. The summed E-state index contributed by atoms with van der Waals surface area (Å²) >= 11 is 5.96. The molecule has 6 nitrogen and oxygen atoms in total. The highest BCUT2D eigenvalue weighted by molar-refractivity contribution is 6.41. The van der Waals surface area contributed by atoms with Crippen molar-refractivity contribution in [3.8, 4) is 0 Å². The number of benzene rings is 2. The molecule has 27 heavy (non-hydrogen) atoms. The van der Waals surface area contributed by atoms with Gasteiger partial charge in [-0.2, -0.15) is 0 Å². The molecule has 1 N–H and O–H groups in total. The Bertz CT molecular complexity index is 913. The summed E-state index contributed by atoms with van der Waals surface area (Å²) in [4.78, 5) is 39.8. The topological polar surface area (TPSA) is 69.7 Å². The number of piperazine rings is 1. The summed E-state index contributed by atoms with van der Waals surface area (Å²) in [7, 11) is 0. The van der Waals surface area contributed by atoms with Gasteiger partial charge in [-0.25, -0.2) is 0 Å². The van der Waals surface area contributed by atoms with E-state index in [9.17, 15) is 14.4 Å². The normalized spacial score (nSPS) is 14.5. The molecule has 140 valence electrons. The van der Waals surface area contributed by atoms with Gasteiger partial charge in [0.1, 0.15) is 6.54 Å². The van der Waals surface area contributed by atoms with Crippen molar-refractivity contribution in [1.82, 2.24) is 4.90 Å². The minimum absolute atomic E-state index is 0.165. The second-order valence-corrected chi connectivity index (χ2v) is 6.97. The summed E-state index contributed by atoms with van der Waals surface area (Å²) in [6.45, 7) is 4.30. The molecule has 0 aromatic heterocycles. The Morgan fingerprint density at radius 3 is 2.56 bits per heavy atom. The molecule has 1 saturated heterocycles. The summed E-state index contributed by atoms with van der Waals surface area (Å²) in [6, 6.07) is 12.5. The number of hydrogen-bond acceptors (Lipinski definition) is 3. The quantitative estimate of drug-likeness (QED) is 0.823. The third-order valence-corrected chi connectivity index (χ3v) is 4.65. The molecule has 0 spiro atoms. The van der Waals surface area contributed by atoms with Gasteiger partial charge >= 0.3 is 11.8 Å². The van der Waals surface area contributed by atoms with Crippen molar-refractivity contribution >= 4 is 40.7 Å². The molecule has 2 aromatic carbocycles. The van der Waals surface area contributed by atoms with E-state index in [2.05, 4.69) is 5.32 Å². The molecule has 1 fully saturated rings. The fraction of sp³-hybridized carbons (Fsp3) is 0.250. The van der Waals surface area contributed by atoms with E-state index in [0.717, 1.165) is 11.1 Å². The minimum Gasteiger partial charge on any atom is -0.324 e. The Kier molecular flexibility index (Phi) is 5.46.